The van der Waals surface area contributed by atoms with Gasteiger partial charge >= 0.3 is 0 Å². The highest BCUT2D eigenvalue weighted by atomic mass is 28.4. The van der Waals surface area contributed by atoms with Gasteiger partial charge in [-0.1, -0.05) is 39.0 Å². The summed E-state index contributed by atoms with van der Waals surface area (Å²) in [7, 11) is -1.72. The van der Waals surface area contributed by atoms with Gasteiger partial charge < -0.3 is 19.8 Å². The molecule has 26 heavy (non-hydrogen) atoms. The van der Waals surface area contributed by atoms with E-state index in [2.05, 4.69) is 51.0 Å². The van der Waals surface area contributed by atoms with Crippen LogP contribution < -0.4 is 5.73 Å². The first-order valence-electron chi connectivity index (χ1n) is 9.09. The zero-order chi connectivity index (χ0) is 19.8. The number of hydrogen-bond donors (Lipinski definition) is 2. The molecule has 0 amide bonds. The van der Waals surface area contributed by atoms with Gasteiger partial charge in [0.25, 0.3) is 0 Å². The number of benzene rings is 1. The van der Waals surface area contributed by atoms with Crippen LogP contribution in [0.5, 0.6) is 0 Å². The molecular formula is C20H33N3O2Si. The largest absolute Gasteiger partial charge is 0.413 e. The zero-order valence-corrected chi connectivity index (χ0v) is 18.1. The van der Waals surface area contributed by atoms with Gasteiger partial charge in [-0.25, -0.2) is 4.98 Å². The molecule has 2 rings (SSSR count). The molecule has 3 N–H and O–H groups in total. The average Bonchev–Trinajstić information content (AvgIpc) is 2.76. The minimum Gasteiger partial charge on any atom is -0.413 e. The fourth-order valence-corrected chi connectivity index (χ4v) is 3.43. The van der Waals surface area contributed by atoms with Crippen molar-refractivity contribution in [2.24, 2.45) is 0 Å². The van der Waals surface area contributed by atoms with Crippen LogP contribution in [-0.4, -0.2) is 35.2 Å². The third kappa shape index (κ3) is 4.96. The molecule has 0 radical (unpaired) electrons. The van der Waals surface area contributed by atoms with Crippen LogP contribution in [0.4, 0.5) is 5.95 Å². The van der Waals surface area contributed by atoms with E-state index in [9.17, 15) is 5.11 Å². The number of aliphatic hydroxyl groups is 1. The van der Waals surface area contributed by atoms with Crippen molar-refractivity contribution in [1.82, 2.24) is 9.55 Å². The second-order valence-electron chi connectivity index (χ2n) is 9.09. The lowest BCUT2D eigenvalue weighted by molar-refractivity contribution is 0.0633. The van der Waals surface area contributed by atoms with Crippen molar-refractivity contribution in [1.29, 1.82) is 0 Å². The normalized spacial score (nSPS) is 13.8. The van der Waals surface area contributed by atoms with Gasteiger partial charge in [-0.05, 0) is 49.7 Å². The molecule has 0 atom stereocenters. The Morgan fingerprint density at radius 1 is 1.23 bits per heavy atom. The summed E-state index contributed by atoms with van der Waals surface area (Å²) in [5.41, 5.74) is 8.00. The highest BCUT2D eigenvalue weighted by Gasteiger charge is 2.36. The van der Waals surface area contributed by atoms with Crippen LogP contribution >= 0.6 is 0 Å². The molecule has 0 spiro atoms. The molecule has 144 valence electrons. The van der Waals surface area contributed by atoms with Gasteiger partial charge in [0, 0.05) is 0 Å². The Bertz CT molecular complexity index is 796. The van der Waals surface area contributed by atoms with Gasteiger partial charge in [-0.2, -0.15) is 0 Å². The van der Waals surface area contributed by atoms with Crippen LogP contribution in [0.2, 0.25) is 18.1 Å². The smallest absolute Gasteiger partial charge is 0.201 e. The molecule has 1 heterocycles. The lowest BCUT2D eigenvalue weighted by atomic mass is 10.1. The van der Waals surface area contributed by atoms with Crippen LogP contribution in [0, 0.1) is 0 Å². The third-order valence-electron chi connectivity index (χ3n) is 5.00. The minimum atomic E-state index is -1.72. The maximum Gasteiger partial charge on any atom is 0.201 e. The Morgan fingerprint density at radius 2 is 1.88 bits per heavy atom. The molecule has 1 aromatic carbocycles. The standard InChI is InChI=1S/C20H33N3O2Si/c1-19(2,3)26(6,7)25-12-8-9-15-10-11-17-16(13-15)22-18(21)23(17)14-20(4,5)24/h8-11,13,24H,12,14H2,1-7H3,(H2,21,22)/b9-8+. The van der Waals surface area contributed by atoms with E-state index in [1.165, 1.54) is 0 Å². The quantitative estimate of drug-likeness (QED) is 0.733. The summed E-state index contributed by atoms with van der Waals surface area (Å²) in [4.78, 5) is 4.43. The lowest BCUT2D eigenvalue weighted by Gasteiger charge is -2.35. The molecule has 2 aromatic rings. The van der Waals surface area contributed by atoms with Gasteiger partial charge in [0.1, 0.15) is 0 Å². The van der Waals surface area contributed by atoms with Crippen LogP contribution in [0.15, 0.2) is 24.3 Å². The summed E-state index contributed by atoms with van der Waals surface area (Å²) in [5, 5.41) is 10.3. The first kappa shape index (κ1) is 20.7. The molecule has 0 saturated carbocycles. The number of imidazole rings is 1. The number of nitrogen functional groups attached to an aromatic ring is 1. The molecule has 5 nitrogen and oxygen atoms in total. The monoisotopic (exact) mass is 375 g/mol. The number of hydrogen-bond acceptors (Lipinski definition) is 4. The molecule has 0 aliphatic rings. The van der Waals surface area contributed by atoms with E-state index in [0.717, 1.165) is 16.6 Å². The summed E-state index contributed by atoms with van der Waals surface area (Å²) in [6.45, 7) is 15.8. The Hall–Kier alpha value is -1.63. The van der Waals surface area contributed by atoms with Crippen molar-refractivity contribution in [3.8, 4) is 0 Å². The first-order valence-corrected chi connectivity index (χ1v) is 12.0. The molecule has 6 heteroatoms. The fraction of sp³-hybridized carbons (Fsp3) is 0.550. The van der Waals surface area contributed by atoms with Gasteiger partial charge in [0.2, 0.25) is 5.95 Å². The lowest BCUT2D eigenvalue weighted by Crippen LogP contribution is -2.40. The van der Waals surface area contributed by atoms with Crippen molar-refractivity contribution in [2.75, 3.05) is 12.3 Å². The molecule has 1 aromatic heterocycles. The highest BCUT2D eigenvalue weighted by Crippen LogP contribution is 2.36. The minimum absolute atomic E-state index is 0.213. The van der Waals surface area contributed by atoms with Crippen molar-refractivity contribution in [3.63, 3.8) is 0 Å². The van der Waals surface area contributed by atoms with E-state index < -0.39 is 13.9 Å². The topological polar surface area (TPSA) is 73.3 Å². The first-order chi connectivity index (χ1) is 11.8. The Kier molecular flexibility index (Phi) is 5.70. The maximum absolute atomic E-state index is 10.1. The van der Waals surface area contributed by atoms with Crippen molar-refractivity contribution in [3.05, 3.63) is 29.8 Å². The van der Waals surface area contributed by atoms with E-state index in [1.807, 2.05) is 22.8 Å². The zero-order valence-electron chi connectivity index (χ0n) is 17.1. The summed E-state index contributed by atoms with van der Waals surface area (Å²) >= 11 is 0. The number of rotatable bonds is 6. The Balaban J connectivity index is 2.13. The molecule has 0 aliphatic heterocycles. The molecule has 0 unspecified atom stereocenters. The molecule has 0 bridgehead atoms. The van der Waals surface area contributed by atoms with Gasteiger partial charge in [0.15, 0.2) is 8.32 Å². The summed E-state index contributed by atoms with van der Waals surface area (Å²) in [6.07, 6.45) is 4.11. The van der Waals surface area contributed by atoms with Crippen molar-refractivity contribution in [2.45, 2.75) is 64.9 Å². The van der Waals surface area contributed by atoms with Crippen LogP contribution in [0.25, 0.3) is 17.1 Å². The van der Waals surface area contributed by atoms with Gasteiger partial charge in [-0.3, -0.25) is 0 Å². The van der Waals surface area contributed by atoms with Crippen molar-refractivity contribution >= 4 is 31.4 Å². The Morgan fingerprint density at radius 3 is 2.46 bits per heavy atom. The second kappa shape index (κ2) is 7.17. The predicted molar refractivity (Wildman–Crippen MR) is 113 cm³/mol. The van der Waals surface area contributed by atoms with E-state index in [-0.39, 0.29) is 5.04 Å². The maximum atomic E-state index is 10.1. The average molecular weight is 376 g/mol. The summed E-state index contributed by atoms with van der Waals surface area (Å²) in [6, 6.07) is 6.04. The van der Waals surface area contributed by atoms with Crippen LogP contribution in [-0.2, 0) is 11.0 Å². The van der Waals surface area contributed by atoms with Gasteiger partial charge in [-0.15, -0.1) is 0 Å². The third-order valence-corrected chi connectivity index (χ3v) is 9.50. The number of nitrogens with zero attached hydrogens (tertiary/aromatic N) is 2. The predicted octanol–water partition coefficient (Wildman–Crippen LogP) is 4.42. The van der Waals surface area contributed by atoms with E-state index >= 15 is 0 Å². The van der Waals surface area contributed by atoms with E-state index in [1.54, 1.807) is 13.8 Å². The summed E-state index contributed by atoms with van der Waals surface area (Å²) in [5.74, 6) is 0.421. The summed E-state index contributed by atoms with van der Waals surface area (Å²) < 4.78 is 8.02. The fourth-order valence-electron chi connectivity index (χ4n) is 2.48. The Labute approximate surface area is 158 Å². The molecular weight excluding hydrogens is 342 g/mol. The number of aromatic nitrogens is 2. The van der Waals surface area contributed by atoms with Gasteiger partial charge in [0.05, 0.1) is 29.8 Å². The van der Waals surface area contributed by atoms with Crippen LogP contribution in [0.1, 0.15) is 40.2 Å². The molecule has 0 fully saturated rings. The van der Waals surface area contributed by atoms with Crippen molar-refractivity contribution < 1.29 is 9.53 Å². The number of anilines is 1. The number of nitrogens with two attached hydrogens (primary N) is 1. The molecule has 0 aliphatic carbocycles. The van der Waals surface area contributed by atoms with Crippen LogP contribution in [0.3, 0.4) is 0 Å². The van der Waals surface area contributed by atoms with E-state index in [4.69, 9.17) is 10.2 Å². The highest BCUT2D eigenvalue weighted by molar-refractivity contribution is 6.74. The second-order valence-corrected chi connectivity index (χ2v) is 13.9. The molecule has 0 saturated heterocycles. The number of fused-ring (bicyclic) bond motifs is 1. The van der Waals surface area contributed by atoms with E-state index in [0.29, 0.717) is 19.1 Å². The SMILES string of the molecule is CC(C)(O)Cn1c(N)nc2cc(/C=C/CO[Si](C)(C)C(C)(C)C)ccc21.